The Balaban J connectivity index is 1.94. The quantitative estimate of drug-likeness (QED) is 0.576. The first-order chi connectivity index (χ1) is 12.1. The zero-order chi connectivity index (χ0) is 17.6. The average Bonchev–Trinajstić information content (AvgIpc) is 2.98. The molecule has 4 rings (SSSR count). The molecule has 1 unspecified atom stereocenters. The molecule has 0 saturated heterocycles. The Morgan fingerprint density at radius 1 is 1.24 bits per heavy atom. The number of nitrogens with zero attached hydrogens (tertiary/aromatic N) is 3. The van der Waals surface area contributed by atoms with Crippen molar-refractivity contribution < 1.29 is 4.92 Å². The number of fused-ring (bicyclic) bond motifs is 3. The first-order valence-electron chi connectivity index (χ1n) is 8.28. The van der Waals surface area contributed by atoms with Gasteiger partial charge in [0.25, 0.3) is 5.69 Å². The van der Waals surface area contributed by atoms with Gasteiger partial charge in [0.15, 0.2) is 0 Å². The monoisotopic (exact) mass is 334 g/mol. The van der Waals surface area contributed by atoms with E-state index in [2.05, 4.69) is 22.9 Å². The smallest absolute Gasteiger partial charge is 0.269 e. The highest BCUT2D eigenvalue weighted by atomic mass is 16.6. The van der Waals surface area contributed by atoms with E-state index in [1.807, 2.05) is 31.2 Å². The van der Waals surface area contributed by atoms with E-state index in [1.54, 1.807) is 12.1 Å². The Morgan fingerprint density at radius 3 is 2.80 bits per heavy atom. The van der Waals surface area contributed by atoms with Crippen molar-refractivity contribution in [1.82, 2.24) is 9.55 Å². The second-order valence-corrected chi connectivity index (χ2v) is 6.13. The van der Waals surface area contributed by atoms with Gasteiger partial charge in [-0.25, -0.2) is 4.98 Å². The fourth-order valence-electron chi connectivity index (χ4n) is 3.52. The average molecular weight is 334 g/mol. The minimum absolute atomic E-state index is 0.0950. The molecule has 1 aliphatic rings. The topological polar surface area (TPSA) is 73.0 Å². The molecule has 1 aliphatic heterocycles. The number of benzene rings is 2. The van der Waals surface area contributed by atoms with Crippen LogP contribution in [0, 0.1) is 17.0 Å². The summed E-state index contributed by atoms with van der Waals surface area (Å²) < 4.78 is 2.19. The normalized spacial score (nSPS) is 15.2. The third-order valence-corrected chi connectivity index (χ3v) is 4.62. The van der Waals surface area contributed by atoms with Crippen molar-refractivity contribution in [3.63, 3.8) is 0 Å². The number of rotatable bonds is 3. The Labute approximate surface area is 145 Å². The van der Waals surface area contributed by atoms with Gasteiger partial charge in [0.2, 0.25) is 0 Å². The van der Waals surface area contributed by atoms with Crippen LogP contribution in [0.4, 0.5) is 11.4 Å². The number of non-ortho nitro benzene ring substituents is 1. The van der Waals surface area contributed by atoms with E-state index in [-0.39, 0.29) is 16.7 Å². The molecule has 0 bridgehead atoms. The molecule has 0 amide bonds. The number of para-hydroxylation sites is 2. The third kappa shape index (κ3) is 2.38. The molecule has 2 heterocycles. The van der Waals surface area contributed by atoms with Crippen LogP contribution in [-0.2, 0) is 6.42 Å². The van der Waals surface area contributed by atoms with Crippen LogP contribution in [0.3, 0.4) is 0 Å². The molecule has 126 valence electrons. The van der Waals surface area contributed by atoms with E-state index < -0.39 is 0 Å². The Morgan fingerprint density at radius 2 is 2.04 bits per heavy atom. The molecule has 0 fully saturated rings. The summed E-state index contributed by atoms with van der Waals surface area (Å²) in [7, 11) is 0. The van der Waals surface area contributed by atoms with Crippen molar-refractivity contribution >= 4 is 11.4 Å². The summed E-state index contributed by atoms with van der Waals surface area (Å²) in [5, 5.41) is 14.7. The van der Waals surface area contributed by atoms with Crippen LogP contribution >= 0.6 is 0 Å². The summed E-state index contributed by atoms with van der Waals surface area (Å²) in [4.78, 5) is 15.5. The molecule has 0 aliphatic carbocycles. The molecular formula is C19H18N4O2. The second kappa shape index (κ2) is 5.73. The van der Waals surface area contributed by atoms with Gasteiger partial charge in [-0.05, 0) is 24.6 Å². The van der Waals surface area contributed by atoms with Gasteiger partial charge in [-0.15, -0.1) is 0 Å². The van der Waals surface area contributed by atoms with Crippen LogP contribution in [0.2, 0.25) is 0 Å². The maximum atomic E-state index is 11.2. The Bertz CT molecular complexity index is 977. The minimum Gasteiger partial charge on any atom is -0.371 e. The summed E-state index contributed by atoms with van der Waals surface area (Å²) in [6.45, 7) is 4.08. The summed E-state index contributed by atoms with van der Waals surface area (Å²) in [5.74, 6) is 0.997. The van der Waals surface area contributed by atoms with Crippen molar-refractivity contribution in [3.8, 4) is 5.69 Å². The number of anilines is 1. The standard InChI is InChI=1S/C19H18N4O2/c1-3-17-20-12(2)19-18(13-7-6-8-14(11-13)23(24)25)21-15-9-4-5-10-16(15)22(17)19/h4-11,18,21H,3H2,1-2H3. The lowest BCUT2D eigenvalue weighted by molar-refractivity contribution is -0.384. The van der Waals surface area contributed by atoms with Crippen LogP contribution in [-0.4, -0.2) is 14.5 Å². The summed E-state index contributed by atoms with van der Waals surface area (Å²) >= 11 is 0. The molecule has 2 aromatic carbocycles. The van der Waals surface area contributed by atoms with Gasteiger partial charge in [-0.2, -0.15) is 0 Å². The largest absolute Gasteiger partial charge is 0.371 e. The van der Waals surface area contributed by atoms with Gasteiger partial charge in [0.05, 0.1) is 33.7 Å². The molecule has 0 radical (unpaired) electrons. The van der Waals surface area contributed by atoms with Crippen molar-refractivity contribution in [1.29, 1.82) is 0 Å². The maximum Gasteiger partial charge on any atom is 0.269 e. The molecule has 1 atom stereocenters. The number of nitrogens with one attached hydrogen (secondary N) is 1. The van der Waals surface area contributed by atoms with Crippen LogP contribution < -0.4 is 5.32 Å². The highest BCUT2D eigenvalue weighted by Gasteiger charge is 2.30. The number of nitro benzene ring substituents is 1. The second-order valence-electron chi connectivity index (χ2n) is 6.13. The van der Waals surface area contributed by atoms with Crippen molar-refractivity contribution in [2.45, 2.75) is 26.3 Å². The van der Waals surface area contributed by atoms with Gasteiger partial charge < -0.3 is 5.32 Å². The minimum atomic E-state index is -0.359. The molecular weight excluding hydrogens is 316 g/mol. The zero-order valence-corrected chi connectivity index (χ0v) is 14.1. The molecule has 1 aromatic heterocycles. The van der Waals surface area contributed by atoms with Crippen LogP contribution in [0.25, 0.3) is 5.69 Å². The molecule has 6 heteroatoms. The fourth-order valence-corrected chi connectivity index (χ4v) is 3.52. The Kier molecular flexibility index (Phi) is 3.53. The predicted molar refractivity (Wildman–Crippen MR) is 96.2 cm³/mol. The number of nitro groups is 1. The van der Waals surface area contributed by atoms with E-state index in [0.717, 1.165) is 40.6 Å². The van der Waals surface area contributed by atoms with E-state index in [1.165, 1.54) is 6.07 Å². The number of hydrogen-bond acceptors (Lipinski definition) is 4. The fraction of sp³-hybridized carbons (Fsp3) is 0.211. The van der Waals surface area contributed by atoms with Crippen molar-refractivity contribution in [2.75, 3.05) is 5.32 Å². The lowest BCUT2D eigenvalue weighted by Gasteiger charge is -2.30. The lowest BCUT2D eigenvalue weighted by Crippen LogP contribution is -2.24. The van der Waals surface area contributed by atoms with E-state index in [4.69, 9.17) is 4.98 Å². The summed E-state index contributed by atoms with van der Waals surface area (Å²) in [6, 6.07) is 14.7. The van der Waals surface area contributed by atoms with Crippen LogP contribution in [0.5, 0.6) is 0 Å². The summed E-state index contributed by atoms with van der Waals surface area (Å²) in [6.07, 6.45) is 0.816. The first-order valence-corrected chi connectivity index (χ1v) is 8.28. The first kappa shape index (κ1) is 15.4. The van der Waals surface area contributed by atoms with Gasteiger partial charge in [-0.3, -0.25) is 14.7 Å². The van der Waals surface area contributed by atoms with E-state index >= 15 is 0 Å². The highest BCUT2D eigenvalue weighted by Crippen LogP contribution is 2.39. The molecule has 25 heavy (non-hydrogen) atoms. The van der Waals surface area contributed by atoms with Crippen molar-refractivity contribution in [2.24, 2.45) is 0 Å². The van der Waals surface area contributed by atoms with Gasteiger partial charge in [0, 0.05) is 18.6 Å². The van der Waals surface area contributed by atoms with Crippen molar-refractivity contribution in [3.05, 3.63) is 81.4 Å². The predicted octanol–water partition coefficient (Wildman–Crippen LogP) is 4.17. The number of aryl methyl sites for hydroxylation is 2. The third-order valence-electron chi connectivity index (χ3n) is 4.62. The lowest BCUT2D eigenvalue weighted by atomic mass is 9.98. The maximum absolute atomic E-state index is 11.2. The number of hydrogen-bond donors (Lipinski definition) is 1. The van der Waals surface area contributed by atoms with E-state index in [9.17, 15) is 10.1 Å². The molecule has 3 aromatic rings. The van der Waals surface area contributed by atoms with Gasteiger partial charge in [0.1, 0.15) is 5.82 Å². The molecule has 1 N–H and O–H groups in total. The molecule has 0 saturated carbocycles. The summed E-state index contributed by atoms with van der Waals surface area (Å²) in [5.41, 5.74) is 5.00. The van der Waals surface area contributed by atoms with Gasteiger partial charge >= 0.3 is 0 Å². The Hall–Kier alpha value is -3.15. The molecule has 6 nitrogen and oxygen atoms in total. The number of imidazole rings is 1. The SMILES string of the molecule is CCc1nc(C)c2n1-c1ccccc1NC2c1cccc([N+](=O)[O-])c1. The van der Waals surface area contributed by atoms with Gasteiger partial charge in [-0.1, -0.05) is 31.2 Å². The van der Waals surface area contributed by atoms with E-state index in [0.29, 0.717) is 0 Å². The zero-order valence-electron chi connectivity index (χ0n) is 14.1. The van der Waals surface area contributed by atoms with Crippen LogP contribution in [0.1, 0.15) is 35.7 Å². The highest BCUT2D eigenvalue weighted by molar-refractivity contribution is 5.68. The number of aromatic nitrogens is 2. The van der Waals surface area contributed by atoms with Crippen LogP contribution in [0.15, 0.2) is 48.5 Å². The molecule has 0 spiro atoms.